The highest BCUT2D eigenvalue weighted by molar-refractivity contribution is 5.91. The number of nitrogens with zero attached hydrogens (tertiary/aromatic N) is 2. The summed E-state index contributed by atoms with van der Waals surface area (Å²) in [5.41, 5.74) is 1.60. The van der Waals surface area contributed by atoms with Gasteiger partial charge >= 0.3 is 0 Å². The lowest BCUT2D eigenvalue weighted by molar-refractivity contribution is -0.146. The molecule has 4 rings (SSSR count). The molecule has 36 heavy (non-hydrogen) atoms. The van der Waals surface area contributed by atoms with Gasteiger partial charge in [0.2, 0.25) is 6.29 Å². The molecule has 1 aliphatic heterocycles. The number of ether oxygens (including phenoxy) is 2. The van der Waals surface area contributed by atoms with Crippen LogP contribution in [0.4, 0.5) is 4.39 Å². The Labute approximate surface area is 208 Å². The van der Waals surface area contributed by atoms with E-state index in [1.54, 1.807) is 46.8 Å². The van der Waals surface area contributed by atoms with E-state index < -0.39 is 18.0 Å². The number of aliphatic hydroxyl groups is 1. The predicted octanol–water partition coefficient (Wildman–Crippen LogP) is 3.13. The van der Waals surface area contributed by atoms with Crippen molar-refractivity contribution in [2.45, 2.75) is 38.0 Å². The molecule has 0 saturated carbocycles. The van der Waals surface area contributed by atoms with Crippen molar-refractivity contribution >= 4 is 5.91 Å². The standard InChI is InChI=1S/C27H30FN3O5/c1-30-23(17-25(33)31(30)21-10-3-2-4-11-21)20-15-24(36-26(16-20)35-14-8-7-13-32)27(34)29-18-19-9-5-6-12-22(19)28/h2-6,9-12,15,17,20,26,32H,7-8,13-14,16,18H2,1H3,(H,29,34)/t20-,26+/m0/s1. The topological polar surface area (TPSA) is 94.7 Å². The molecule has 0 saturated heterocycles. The Bertz CT molecular complexity index is 1270. The van der Waals surface area contributed by atoms with E-state index in [1.165, 1.54) is 6.07 Å². The number of amides is 1. The predicted molar refractivity (Wildman–Crippen MR) is 132 cm³/mol. The molecule has 2 aromatic carbocycles. The lowest BCUT2D eigenvalue weighted by atomic mass is 9.97. The Balaban J connectivity index is 1.58. The third kappa shape index (κ3) is 5.92. The molecule has 0 bridgehead atoms. The molecule has 190 valence electrons. The maximum Gasteiger partial charge on any atom is 0.286 e. The van der Waals surface area contributed by atoms with Gasteiger partial charge in [0.1, 0.15) is 5.82 Å². The third-order valence-corrected chi connectivity index (χ3v) is 6.07. The van der Waals surface area contributed by atoms with Crippen LogP contribution in [-0.2, 0) is 27.9 Å². The second-order valence-electron chi connectivity index (χ2n) is 8.57. The fraction of sp³-hybridized carbons (Fsp3) is 0.333. The summed E-state index contributed by atoms with van der Waals surface area (Å²) in [5.74, 6) is -1.19. The van der Waals surface area contributed by atoms with Crippen molar-refractivity contribution in [1.82, 2.24) is 14.7 Å². The second kappa shape index (κ2) is 11.8. The lowest BCUT2D eigenvalue weighted by Gasteiger charge is -2.29. The van der Waals surface area contributed by atoms with Crippen molar-refractivity contribution in [1.29, 1.82) is 0 Å². The molecule has 2 atom stereocenters. The van der Waals surface area contributed by atoms with Gasteiger partial charge in [-0.2, -0.15) is 0 Å². The minimum Gasteiger partial charge on any atom is -0.459 e. The minimum atomic E-state index is -0.719. The van der Waals surface area contributed by atoms with Crippen LogP contribution in [0.15, 0.2) is 77.3 Å². The van der Waals surface area contributed by atoms with E-state index in [1.807, 2.05) is 30.3 Å². The van der Waals surface area contributed by atoms with E-state index in [-0.39, 0.29) is 30.4 Å². The molecule has 2 N–H and O–H groups in total. The first-order chi connectivity index (χ1) is 17.5. The van der Waals surface area contributed by atoms with Gasteiger partial charge in [-0.3, -0.25) is 14.3 Å². The number of carbonyl (C=O) groups excluding carboxylic acids is 1. The number of allylic oxidation sites excluding steroid dienone is 1. The van der Waals surface area contributed by atoms with Crippen LogP contribution in [0.3, 0.4) is 0 Å². The number of aliphatic hydroxyl groups excluding tert-OH is 1. The van der Waals surface area contributed by atoms with E-state index >= 15 is 0 Å². The molecule has 0 fully saturated rings. The van der Waals surface area contributed by atoms with Crippen LogP contribution in [0.5, 0.6) is 0 Å². The maximum absolute atomic E-state index is 14.0. The molecular formula is C27H30FN3O5. The van der Waals surface area contributed by atoms with Gasteiger partial charge in [-0.25, -0.2) is 9.07 Å². The van der Waals surface area contributed by atoms with Gasteiger partial charge < -0.3 is 19.9 Å². The molecular weight excluding hydrogens is 465 g/mol. The number of para-hydroxylation sites is 1. The average Bonchev–Trinajstić information content (AvgIpc) is 3.20. The molecule has 0 aliphatic carbocycles. The first kappa shape index (κ1) is 25.4. The molecule has 0 radical (unpaired) electrons. The summed E-state index contributed by atoms with van der Waals surface area (Å²) in [5, 5.41) is 11.7. The van der Waals surface area contributed by atoms with Gasteiger partial charge in [0.25, 0.3) is 11.5 Å². The van der Waals surface area contributed by atoms with E-state index in [9.17, 15) is 14.0 Å². The first-order valence-electron chi connectivity index (χ1n) is 11.9. The van der Waals surface area contributed by atoms with Gasteiger partial charge in [0.05, 0.1) is 12.3 Å². The highest BCUT2D eigenvalue weighted by Gasteiger charge is 2.31. The number of rotatable bonds is 10. The van der Waals surface area contributed by atoms with Crippen molar-refractivity contribution in [3.63, 3.8) is 0 Å². The number of nitrogens with one attached hydrogen (secondary N) is 1. The highest BCUT2D eigenvalue weighted by Crippen LogP contribution is 2.31. The van der Waals surface area contributed by atoms with Crippen molar-refractivity contribution < 1.29 is 23.8 Å². The summed E-state index contributed by atoms with van der Waals surface area (Å²) in [6.07, 6.45) is 2.59. The number of unbranched alkanes of at least 4 members (excludes halogenated alkanes) is 1. The Morgan fingerprint density at radius 2 is 1.92 bits per heavy atom. The van der Waals surface area contributed by atoms with Crippen LogP contribution in [0, 0.1) is 5.82 Å². The van der Waals surface area contributed by atoms with Crippen molar-refractivity contribution in [2.24, 2.45) is 7.05 Å². The monoisotopic (exact) mass is 495 g/mol. The number of benzene rings is 2. The van der Waals surface area contributed by atoms with Crippen LogP contribution in [0.2, 0.25) is 0 Å². The maximum atomic E-state index is 14.0. The van der Waals surface area contributed by atoms with Crippen molar-refractivity contribution in [2.75, 3.05) is 13.2 Å². The first-order valence-corrected chi connectivity index (χ1v) is 11.9. The van der Waals surface area contributed by atoms with E-state index in [2.05, 4.69) is 5.32 Å². The molecule has 1 aromatic heterocycles. The van der Waals surface area contributed by atoms with E-state index in [0.29, 0.717) is 37.1 Å². The summed E-state index contributed by atoms with van der Waals surface area (Å²) in [6, 6.07) is 17.1. The number of halogens is 1. The van der Waals surface area contributed by atoms with Gasteiger partial charge in [-0.1, -0.05) is 36.4 Å². The molecule has 1 aliphatic rings. The third-order valence-electron chi connectivity index (χ3n) is 6.07. The van der Waals surface area contributed by atoms with Crippen LogP contribution in [-0.4, -0.2) is 39.9 Å². The molecule has 8 nitrogen and oxygen atoms in total. The molecule has 0 spiro atoms. The molecule has 0 unspecified atom stereocenters. The van der Waals surface area contributed by atoms with Crippen LogP contribution < -0.4 is 10.9 Å². The zero-order valence-electron chi connectivity index (χ0n) is 20.1. The normalized spacial score (nSPS) is 17.4. The SMILES string of the molecule is Cn1c([C@H]2C=C(C(=O)NCc3ccccc3F)O[C@@H](OCCCCO)C2)cc(=O)n1-c1ccccc1. The Kier molecular flexibility index (Phi) is 8.35. The summed E-state index contributed by atoms with van der Waals surface area (Å²) in [6.45, 7) is 0.421. The summed E-state index contributed by atoms with van der Waals surface area (Å²) in [4.78, 5) is 25.8. The number of aromatic nitrogens is 2. The summed E-state index contributed by atoms with van der Waals surface area (Å²) in [7, 11) is 1.79. The summed E-state index contributed by atoms with van der Waals surface area (Å²) < 4.78 is 29.0. The van der Waals surface area contributed by atoms with Gasteiger partial charge in [0, 0.05) is 49.9 Å². The van der Waals surface area contributed by atoms with Crippen LogP contribution in [0.25, 0.3) is 5.69 Å². The molecule has 9 heteroatoms. The van der Waals surface area contributed by atoms with Gasteiger partial charge in [-0.05, 0) is 37.1 Å². The number of hydrogen-bond acceptors (Lipinski definition) is 5. The fourth-order valence-corrected chi connectivity index (χ4v) is 4.22. The van der Waals surface area contributed by atoms with Crippen molar-refractivity contribution in [3.05, 3.63) is 99.9 Å². The summed E-state index contributed by atoms with van der Waals surface area (Å²) >= 11 is 0. The number of hydrogen-bond donors (Lipinski definition) is 2. The number of carbonyl (C=O) groups is 1. The van der Waals surface area contributed by atoms with E-state index in [4.69, 9.17) is 14.6 Å². The Hall–Kier alpha value is -3.69. The second-order valence-corrected chi connectivity index (χ2v) is 8.57. The molecule has 3 aromatic rings. The van der Waals surface area contributed by atoms with Gasteiger partial charge in [0.15, 0.2) is 5.76 Å². The van der Waals surface area contributed by atoms with Gasteiger partial charge in [-0.15, -0.1) is 0 Å². The van der Waals surface area contributed by atoms with Crippen LogP contribution in [0.1, 0.15) is 36.4 Å². The fourth-order valence-electron chi connectivity index (χ4n) is 4.22. The lowest BCUT2D eigenvalue weighted by Crippen LogP contribution is -2.33. The smallest absolute Gasteiger partial charge is 0.286 e. The van der Waals surface area contributed by atoms with Crippen molar-refractivity contribution in [3.8, 4) is 5.69 Å². The molecule has 2 heterocycles. The van der Waals surface area contributed by atoms with Crippen LogP contribution >= 0.6 is 0 Å². The largest absolute Gasteiger partial charge is 0.459 e. The average molecular weight is 496 g/mol. The Morgan fingerprint density at radius 3 is 2.67 bits per heavy atom. The van der Waals surface area contributed by atoms with E-state index in [0.717, 1.165) is 5.69 Å². The minimum absolute atomic E-state index is 0.00175. The zero-order chi connectivity index (χ0) is 25.5. The molecule has 1 amide bonds. The Morgan fingerprint density at radius 1 is 1.17 bits per heavy atom. The zero-order valence-corrected chi connectivity index (χ0v) is 20.1. The highest BCUT2D eigenvalue weighted by atomic mass is 19.1. The quantitative estimate of drug-likeness (QED) is 0.422.